The minimum absolute atomic E-state index is 0.0925. The quantitative estimate of drug-likeness (QED) is 0.750. The van der Waals surface area contributed by atoms with Gasteiger partial charge in [-0.15, -0.1) is 11.3 Å². The predicted molar refractivity (Wildman–Crippen MR) is 60.2 cm³/mol. The zero-order valence-electron chi connectivity index (χ0n) is 8.99. The SMILES string of the molecule is CCN(Cc1cccs1)C(=O)C(C)C. The maximum Gasteiger partial charge on any atom is 0.225 e. The Bertz CT molecular complexity index is 279. The Morgan fingerprint density at radius 3 is 2.71 bits per heavy atom. The standard InChI is InChI=1S/C11H17NOS/c1-4-12(11(13)9(2)3)8-10-6-5-7-14-10/h5-7,9H,4,8H2,1-3H3. The van der Waals surface area contributed by atoms with E-state index in [-0.39, 0.29) is 11.8 Å². The number of thiophene rings is 1. The first-order chi connectivity index (χ1) is 6.65. The lowest BCUT2D eigenvalue weighted by atomic mass is 10.2. The Kier molecular flexibility index (Phi) is 4.14. The lowest BCUT2D eigenvalue weighted by molar-refractivity contribution is -0.134. The molecule has 0 bridgehead atoms. The van der Waals surface area contributed by atoms with Gasteiger partial charge >= 0.3 is 0 Å². The largest absolute Gasteiger partial charge is 0.338 e. The summed E-state index contributed by atoms with van der Waals surface area (Å²) in [7, 11) is 0. The van der Waals surface area contributed by atoms with Crippen molar-refractivity contribution >= 4 is 17.2 Å². The van der Waals surface area contributed by atoms with Gasteiger partial charge in [0.1, 0.15) is 0 Å². The van der Waals surface area contributed by atoms with Gasteiger partial charge in [0.2, 0.25) is 5.91 Å². The molecule has 78 valence electrons. The van der Waals surface area contributed by atoms with Crippen LogP contribution in [0.4, 0.5) is 0 Å². The van der Waals surface area contributed by atoms with Gasteiger partial charge in [0, 0.05) is 17.3 Å². The summed E-state index contributed by atoms with van der Waals surface area (Å²) in [6.07, 6.45) is 0. The van der Waals surface area contributed by atoms with Gasteiger partial charge in [-0.25, -0.2) is 0 Å². The molecule has 1 aromatic heterocycles. The molecule has 1 rings (SSSR count). The third-order valence-electron chi connectivity index (χ3n) is 2.11. The van der Waals surface area contributed by atoms with E-state index in [0.717, 1.165) is 13.1 Å². The predicted octanol–water partition coefficient (Wildman–Crippen LogP) is 2.75. The van der Waals surface area contributed by atoms with Crippen LogP contribution in [0, 0.1) is 5.92 Å². The summed E-state index contributed by atoms with van der Waals surface area (Å²) < 4.78 is 0. The van der Waals surface area contributed by atoms with E-state index in [1.165, 1.54) is 4.88 Å². The van der Waals surface area contributed by atoms with Crippen molar-refractivity contribution in [3.05, 3.63) is 22.4 Å². The van der Waals surface area contributed by atoms with Crippen molar-refractivity contribution in [3.63, 3.8) is 0 Å². The van der Waals surface area contributed by atoms with E-state index in [2.05, 4.69) is 6.07 Å². The van der Waals surface area contributed by atoms with Gasteiger partial charge in [-0.3, -0.25) is 4.79 Å². The molecule has 0 saturated carbocycles. The fourth-order valence-electron chi connectivity index (χ4n) is 1.30. The summed E-state index contributed by atoms with van der Waals surface area (Å²) in [6, 6.07) is 4.09. The van der Waals surface area contributed by atoms with Crippen molar-refractivity contribution in [1.82, 2.24) is 4.90 Å². The molecule has 0 unspecified atom stereocenters. The molecule has 1 amide bonds. The van der Waals surface area contributed by atoms with Gasteiger partial charge in [-0.05, 0) is 18.4 Å². The monoisotopic (exact) mass is 211 g/mol. The molecule has 0 aliphatic rings. The minimum atomic E-state index is 0.0925. The number of amides is 1. The number of carbonyl (C=O) groups excluding carboxylic acids is 1. The molecule has 0 aromatic carbocycles. The van der Waals surface area contributed by atoms with E-state index >= 15 is 0 Å². The number of hydrogen-bond acceptors (Lipinski definition) is 2. The zero-order valence-corrected chi connectivity index (χ0v) is 9.80. The summed E-state index contributed by atoms with van der Waals surface area (Å²) in [5, 5.41) is 2.04. The Morgan fingerprint density at radius 1 is 1.57 bits per heavy atom. The highest BCUT2D eigenvalue weighted by Crippen LogP contribution is 2.13. The summed E-state index contributed by atoms with van der Waals surface area (Å²) in [4.78, 5) is 14.9. The highest BCUT2D eigenvalue weighted by Gasteiger charge is 2.15. The number of rotatable bonds is 4. The first kappa shape index (κ1) is 11.2. The molecule has 0 aliphatic heterocycles. The molecule has 1 aromatic rings. The van der Waals surface area contributed by atoms with Crippen molar-refractivity contribution in [2.75, 3.05) is 6.54 Å². The van der Waals surface area contributed by atoms with Crippen LogP contribution in [0.1, 0.15) is 25.6 Å². The molecule has 14 heavy (non-hydrogen) atoms. The average molecular weight is 211 g/mol. The Balaban J connectivity index is 2.60. The Morgan fingerprint density at radius 2 is 2.29 bits per heavy atom. The van der Waals surface area contributed by atoms with Crippen LogP contribution in [0.2, 0.25) is 0 Å². The van der Waals surface area contributed by atoms with E-state index in [9.17, 15) is 4.79 Å². The highest BCUT2D eigenvalue weighted by molar-refractivity contribution is 7.09. The molecule has 3 heteroatoms. The second kappa shape index (κ2) is 5.15. The van der Waals surface area contributed by atoms with E-state index in [4.69, 9.17) is 0 Å². The molecular formula is C11H17NOS. The van der Waals surface area contributed by atoms with Gasteiger partial charge in [0.15, 0.2) is 0 Å². The zero-order chi connectivity index (χ0) is 10.6. The van der Waals surface area contributed by atoms with Crippen molar-refractivity contribution in [2.45, 2.75) is 27.3 Å². The van der Waals surface area contributed by atoms with Gasteiger partial charge < -0.3 is 4.90 Å². The molecule has 0 N–H and O–H groups in total. The van der Waals surface area contributed by atoms with Crippen LogP contribution in [0.25, 0.3) is 0 Å². The van der Waals surface area contributed by atoms with Crippen LogP contribution in [0.15, 0.2) is 17.5 Å². The molecule has 0 radical (unpaired) electrons. The molecular weight excluding hydrogens is 194 g/mol. The number of carbonyl (C=O) groups is 1. The Hall–Kier alpha value is -0.830. The fourth-order valence-corrected chi connectivity index (χ4v) is 2.02. The maximum atomic E-state index is 11.7. The molecule has 0 aliphatic carbocycles. The first-order valence-corrected chi connectivity index (χ1v) is 5.84. The maximum absolute atomic E-state index is 11.7. The van der Waals surface area contributed by atoms with Crippen LogP contribution in [0.3, 0.4) is 0 Å². The van der Waals surface area contributed by atoms with E-state index < -0.39 is 0 Å². The van der Waals surface area contributed by atoms with Gasteiger partial charge in [-0.2, -0.15) is 0 Å². The molecule has 2 nitrogen and oxygen atoms in total. The van der Waals surface area contributed by atoms with E-state index in [0.29, 0.717) is 0 Å². The molecule has 0 fully saturated rings. The number of hydrogen-bond donors (Lipinski definition) is 0. The first-order valence-electron chi connectivity index (χ1n) is 4.96. The third-order valence-corrected chi connectivity index (χ3v) is 2.98. The van der Waals surface area contributed by atoms with Crippen LogP contribution in [-0.4, -0.2) is 17.4 Å². The van der Waals surface area contributed by atoms with Gasteiger partial charge in [0.05, 0.1) is 6.54 Å². The van der Waals surface area contributed by atoms with E-state index in [1.54, 1.807) is 11.3 Å². The fraction of sp³-hybridized carbons (Fsp3) is 0.545. The summed E-state index contributed by atoms with van der Waals surface area (Å²) in [5.74, 6) is 0.329. The normalized spacial score (nSPS) is 10.6. The van der Waals surface area contributed by atoms with Gasteiger partial charge in [0.25, 0.3) is 0 Å². The third kappa shape index (κ3) is 2.84. The van der Waals surface area contributed by atoms with Crippen molar-refractivity contribution in [3.8, 4) is 0 Å². The second-order valence-corrected chi connectivity index (χ2v) is 4.62. The van der Waals surface area contributed by atoms with E-state index in [1.807, 2.05) is 37.1 Å². The minimum Gasteiger partial charge on any atom is -0.338 e. The lowest BCUT2D eigenvalue weighted by Gasteiger charge is -2.22. The van der Waals surface area contributed by atoms with Crippen LogP contribution in [0.5, 0.6) is 0 Å². The molecule has 0 saturated heterocycles. The second-order valence-electron chi connectivity index (χ2n) is 3.59. The average Bonchev–Trinajstić information content (AvgIpc) is 2.65. The molecule has 0 atom stereocenters. The summed E-state index contributed by atoms with van der Waals surface area (Å²) >= 11 is 1.70. The summed E-state index contributed by atoms with van der Waals surface area (Å²) in [5.41, 5.74) is 0. The van der Waals surface area contributed by atoms with Crippen LogP contribution in [-0.2, 0) is 11.3 Å². The lowest BCUT2D eigenvalue weighted by Crippen LogP contribution is -2.33. The topological polar surface area (TPSA) is 20.3 Å². The van der Waals surface area contributed by atoms with Crippen molar-refractivity contribution in [1.29, 1.82) is 0 Å². The number of nitrogens with zero attached hydrogens (tertiary/aromatic N) is 1. The molecule has 1 heterocycles. The van der Waals surface area contributed by atoms with Crippen molar-refractivity contribution < 1.29 is 4.79 Å². The van der Waals surface area contributed by atoms with Crippen molar-refractivity contribution in [2.24, 2.45) is 5.92 Å². The summed E-state index contributed by atoms with van der Waals surface area (Å²) in [6.45, 7) is 7.45. The van der Waals surface area contributed by atoms with Crippen LogP contribution >= 0.6 is 11.3 Å². The Labute approximate surface area is 89.5 Å². The highest BCUT2D eigenvalue weighted by atomic mass is 32.1. The smallest absolute Gasteiger partial charge is 0.225 e. The van der Waals surface area contributed by atoms with Gasteiger partial charge in [-0.1, -0.05) is 19.9 Å². The molecule has 0 spiro atoms. The van der Waals surface area contributed by atoms with Crippen LogP contribution < -0.4 is 0 Å².